The lowest BCUT2D eigenvalue weighted by Gasteiger charge is -2.10. The molecule has 0 fully saturated rings. The van der Waals surface area contributed by atoms with Crippen LogP contribution in [0.15, 0.2) is 34.2 Å². The number of carbonyl (C=O) groups excluding carboxylic acids is 1. The van der Waals surface area contributed by atoms with Crippen LogP contribution in [0.2, 0.25) is 0 Å². The maximum absolute atomic E-state index is 13.2. The van der Waals surface area contributed by atoms with Gasteiger partial charge in [-0.2, -0.15) is 0 Å². The Morgan fingerprint density at radius 2 is 2.15 bits per heavy atom. The van der Waals surface area contributed by atoms with Crippen molar-refractivity contribution in [2.45, 2.75) is 32.5 Å². The molecule has 3 aromatic rings. The molecule has 0 saturated carbocycles. The van der Waals surface area contributed by atoms with Crippen molar-refractivity contribution >= 4 is 44.9 Å². The van der Waals surface area contributed by atoms with Crippen LogP contribution in [0.5, 0.6) is 0 Å². The van der Waals surface area contributed by atoms with Gasteiger partial charge in [0, 0.05) is 17.1 Å². The number of benzene rings is 1. The van der Waals surface area contributed by atoms with Gasteiger partial charge in [-0.05, 0) is 44.5 Å². The molecule has 3 rings (SSSR count). The highest BCUT2D eigenvalue weighted by Crippen LogP contribution is 2.28. The number of aromatic nitrogens is 2. The number of aryl methyl sites for hydroxylation is 2. The van der Waals surface area contributed by atoms with Gasteiger partial charge in [-0.15, -0.1) is 11.3 Å². The van der Waals surface area contributed by atoms with E-state index in [2.05, 4.69) is 10.3 Å². The molecule has 2 heterocycles. The summed E-state index contributed by atoms with van der Waals surface area (Å²) < 4.78 is 14.8. The molecule has 0 aliphatic carbocycles. The first-order valence-corrected chi connectivity index (χ1v) is 9.89. The van der Waals surface area contributed by atoms with E-state index in [0.29, 0.717) is 27.6 Å². The third-order valence-electron chi connectivity index (χ3n) is 4.01. The second-order valence-corrected chi connectivity index (χ2v) is 7.90. The first-order chi connectivity index (χ1) is 12.4. The Bertz CT molecular complexity index is 1040. The minimum atomic E-state index is -0.411. The average molecular weight is 391 g/mol. The largest absolute Gasteiger partial charge is 0.325 e. The van der Waals surface area contributed by atoms with Gasteiger partial charge in [0.1, 0.15) is 10.6 Å². The maximum atomic E-state index is 13.2. The number of nitrogens with one attached hydrogen (secondary N) is 1. The van der Waals surface area contributed by atoms with Crippen molar-refractivity contribution in [3.05, 3.63) is 50.9 Å². The van der Waals surface area contributed by atoms with Crippen LogP contribution in [-0.4, -0.2) is 21.2 Å². The Morgan fingerprint density at radius 3 is 2.85 bits per heavy atom. The van der Waals surface area contributed by atoms with Gasteiger partial charge in [0.2, 0.25) is 5.91 Å². The van der Waals surface area contributed by atoms with Gasteiger partial charge in [-0.25, -0.2) is 9.37 Å². The molecule has 5 nitrogen and oxygen atoms in total. The van der Waals surface area contributed by atoms with E-state index in [1.165, 1.54) is 41.3 Å². The van der Waals surface area contributed by atoms with Crippen molar-refractivity contribution in [3.63, 3.8) is 0 Å². The van der Waals surface area contributed by atoms with E-state index in [0.717, 1.165) is 10.4 Å². The number of carbonyl (C=O) groups is 1. The zero-order chi connectivity index (χ0) is 18.8. The van der Waals surface area contributed by atoms with Crippen LogP contribution in [0.3, 0.4) is 0 Å². The predicted octanol–water partition coefficient (Wildman–Crippen LogP) is 3.96. The van der Waals surface area contributed by atoms with Crippen molar-refractivity contribution in [1.82, 2.24) is 9.55 Å². The van der Waals surface area contributed by atoms with Gasteiger partial charge in [-0.1, -0.05) is 17.8 Å². The van der Waals surface area contributed by atoms with E-state index in [1.54, 1.807) is 10.6 Å². The Labute approximate surface area is 158 Å². The molecule has 0 spiro atoms. The van der Waals surface area contributed by atoms with Crippen molar-refractivity contribution < 1.29 is 9.18 Å². The van der Waals surface area contributed by atoms with Crippen LogP contribution in [-0.2, 0) is 11.3 Å². The summed E-state index contributed by atoms with van der Waals surface area (Å²) in [6, 6.07) is 5.72. The lowest BCUT2D eigenvalue weighted by atomic mass is 10.2. The lowest BCUT2D eigenvalue weighted by molar-refractivity contribution is -0.113. The molecule has 0 aliphatic rings. The van der Waals surface area contributed by atoms with Crippen molar-refractivity contribution in [2.24, 2.45) is 0 Å². The summed E-state index contributed by atoms with van der Waals surface area (Å²) in [5.74, 6) is -0.611. The highest BCUT2D eigenvalue weighted by Gasteiger charge is 2.17. The summed E-state index contributed by atoms with van der Waals surface area (Å²) in [6.45, 7) is 6.25. The summed E-state index contributed by atoms with van der Waals surface area (Å²) in [4.78, 5) is 31.2. The van der Waals surface area contributed by atoms with E-state index in [-0.39, 0.29) is 17.2 Å². The van der Waals surface area contributed by atoms with E-state index in [9.17, 15) is 14.0 Å². The Hall–Kier alpha value is -2.19. The number of anilines is 1. The molecule has 0 radical (unpaired) electrons. The molecule has 26 heavy (non-hydrogen) atoms. The number of amides is 1. The topological polar surface area (TPSA) is 64.0 Å². The third kappa shape index (κ3) is 3.66. The van der Waals surface area contributed by atoms with Gasteiger partial charge in [-0.3, -0.25) is 14.2 Å². The van der Waals surface area contributed by atoms with Crippen LogP contribution in [0.4, 0.5) is 10.1 Å². The smallest absolute Gasteiger partial charge is 0.263 e. The standard InChI is InChI=1S/C18H18FN3O2S2/c1-4-22-17(24)15-10(2)11(3)26-16(15)21-18(22)25-9-14(23)20-13-7-5-6-12(19)8-13/h5-8H,4,9H2,1-3H3,(H,20,23). The summed E-state index contributed by atoms with van der Waals surface area (Å²) in [5.41, 5.74) is 1.29. The lowest BCUT2D eigenvalue weighted by Crippen LogP contribution is -2.23. The van der Waals surface area contributed by atoms with Crippen LogP contribution in [0, 0.1) is 19.7 Å². The van der Waals surface area contributed by atoms with Crippen molar-refractivity contribution in [3.8, 4) is 0 Å². The van der Waals surface area contributed by atoms with Gasteiger partial charge in [0.25, 0.3) is 5.56 Å². The molecule has 1 amide bonds. The molecule has 0 aliphatic heterocycles. The average Bonchev–Trinajstić information content (AvgIpc) is 2.87. The molecule has 8 heteroatoms. The maximum Gasteiger partial charge on any atom is 0.263 e. The molecule has 0 unspecified atom stereocenters. The quantitative estimate of drug-likeness (QED) is 0.528. The number of nitrogens with zero attached hydrogens (tertiary/aromatic N) is 2. The molecule has 0 bridgehead atoms. The summed E-state index contributed by atoms with van der Waals surface area (Å²) in [5, 5.41) is 3.81. The minimum Gasteiger partial charge on any atom is -0.325 e. The fourth-order valence-electron chi connectivity index (χ4n) is 2.59. The number of hydrogen-bond donors (Lipinski definition) is 1. The number of thioether (sulfide) groups is 1. The molecular formula is C18H18FN3O2S2. The second-order valence-electron chi connectivity index (χ2n) is 5.75. The van der Waals surface area contributed by atoms with E-state index >= 15 is 0 Å². The third-order valence-corrected chi connectivity index (χ3v) is 6.09. The van der Waals surface area contributed by atoms with Crippen LogP contribution in [0.1, 0.15) is 17.4 Å². The Balaban J connectivity index is 1.82. The number of halogens is 1. The predicted molar refractivity (Wildman–Crippen MR) is 105 cm³/mol. The summed E-state index contributed by atoms with van der Waals surface area (Å²) in [6.07, 6.45) is 0. The van der Waals surface area contributed by atoms with Gasteiger partial charge in [0.15, 0.2) is 5.16 Å². The van der Waals surface area contributed by atoms with Crippen LogP contribution < -0.4 is 10.9 Å². The second kappa shape index (κ2) is 7.59. The molecule has 2 aromatic heterocycles. The van der Waals surface area contributed by atoms with E-state index in [1.807, 2.05) is 20.8 Å². The summed E-state index contributed by atoms with van der Waals surface area (Å²) >= 11 is 2.68. The Morgan fingerprint density at radius 1 is 1.38 bits per heavy atom. The van der Waals surface area contributed by atoms with Crippen LogP contribution in [0.25, 0.3) is 10.2 Å². The summed E-state index contributed by atoms with van der Waals surface area (Å²) in [7, 11) is 0. The van der Waals surface area contributed by atoms with E-state index < -0.39 is 5.82 Å². The number of rotatable bonds is 5. The molecule has 1 N–H and O–H groups in total. The first kappa shape index (κ1) is 18.6. The van der Waals surface area contributed by atoms with Gasteiger partial charge < -0.3 is 5.32 Å². The number of fused-ring (bicyclic) bond motifs is 1. The zero-order valence-corrected chi connectivity index (χ0v) is 16.3. The first-order valence-electron chi connectivity index (χ1n) is 8.09. The van der Waals surface area contributed by atoms with Gasteiger partial charge in [0.05, 0.1) is 11.1 Å². The SMILES string of the molecule is CCn1c(SCC(=O)Nc2cccc(F)c2)nc2sc(C)c(C)c2c1=O. The van der Waals surface area contributed by atoms with Crippen LogP contribution >= 0.6 is 23.1 Å². The Kier molecular flexibility index (Phi) is 5.43. The molecule has 136 valence electrons. The highest BCUT2D eigenvalue weighted by molar-refractivity contribution is 7.99. The molecule has 1 aromatic carbocycles. The highest BCUT2D eigenvalue weighted by atomic mass is 32.2. The zero-order valence-electron chi connectivity index (χ0n) is 14.6. The van der Waals surface area contributed by atoms with E-state index in [4.69, 9.17) is 0 Å². The minimum absolute atomic E-state index is 0.0765. The monoisotopic (exact) mass is 391 g/mol. The molecule has 0 saturated heterocycles. The number of thiophene rings is 1. The normalized spacial score (nSPS) is 11.1. The fraction of sp³-hybridized carbons (Fsp3) is 0.278. The van der Waals surface area contributed by atoms with Crippen molar-refractivity contribution in [1.29, 1.82) is 0 Å². The molecule has 0 atom stereocenters. The fourth-order valence-corrected chi connectivity index (χ4v) is 4.52. The van der Waals surface area contributed by atoms with Crippen molar-refractivity contribution in [2.75, 3.05) is 11.1 Å². The van der Waals surface area contributed by atoms with Gasteiger partial charge >= 0.3 is 0 Å². The molecular weight excluding hydrogens is 373 g/mol. The number of hydrogen-bond acceptors (Lipinski definition) is 5.